The zero-order valence-electron chi connectivity index (χ0n) is 22.6. The maximum Gasteiger partial charge on any atom is 0.344 e. The molecule has 3 rings (SSSR count). The quantitative estimate of drug-likeness (QED) is 0.382. The highest BCUT2D eigenvalue weighted by molar-refractivity contribution is 7.89. The van der Waals surface area contributed by atoms with Gasteiger partial charge in [0, 0.05) is 23.0 Å². The third-order valence-electron chi connectivity index (χ3n) is 6.21. The minimum atomic E-state index is -4.18. The van der Waals surface area contributed by atoms with Gasteiger partial charge in [0.1, 0.15) is 22.9 Å². The number of sulfonamides is 1. The molecule has 0 aromatic heterocycles. The second kappa shape index (κ2) is 12.3. The number of esters is 1. The molecule has 1 aliphatic rings. The van der Waals surface area contributed by atoms with Crippen molar-refractivity contribution in [3.05, 3.63) is 58.1 Å². The zero-order chi connectivity index (χ0) is 29.9. The van der Waals surface area contributed by atoms with Crippen molar-refractivity contribution >= 4 is 51.1 Å². The van der Waals surface area contributed by atoms with Crippen LogP contribution in [0, 0.1) is 0 Å². The first-order valence-electron chi connectivity index (χ1n) is 12.5. The largest absolute Gasteiger partial charge is 0.482 e. The molecule has 1 fully saturated rings. The lowest BCUT2D eigenvalue weighted by atomic mass is 9.97. The number of carboxylic acid groups (broad SMARTS) is 1. The van der Waals surface area contributed by atoms with Gasteiger partial charge in [-0.25, -0.2) is 18.0 Å². The highest BCUT2D eigenvalue weighted by atomic mass is 35.5. The molecule has 13 heteroatoms. The third-order valence-corrected chi connectivity index (χ3v) is 8.64. The Kier molecular flexibility index (Phi) is 9.77. The Morgan fingerprint density at radius 3 is 2.38 bits per heavy atom. The summed E-state index contributed by atoms with van der Waals surface area (Å²) in [7, 11) is -4.18. The summed E-state index contributed by atoms with van der Waals surface area (Å²) in [4.78, 5) is 37.3. The second-order valence-electron chi connectivity index (χ2n) is 10.7. The van der Waals surface area contributed by atoms with E-state index in [0.29, 0.717) is 17.7 Å². The molecule has 40 heavy (non-hydrogen) atoms. The van der Waals surface area contributed by atoms with Crippen LogP contribution in [-0.2, 0) is 35.6 Å². The lowest BCUT2D eigenvalue weighted by Gasteiger charge is -2.34. The third kappa shape index (κ3) is 7.87. The summed E-state index contributed by atoms with van der Waals surface area (Å²) in [6.45, 7) is 6.40. The van der Waals surface area contributed by atoms with E-state index in [9.17, 15) is 27.9 Å². The molecule has 0 unspecified atom stereocenters. The maximum absolute atomic E-state index is 13.5. The number of aliphatic carboxylic acids is 1. The molecular formula is C27H32Cl2N2O8S. The fourth-order valence-corrected chi connectivity index (χ4v) is 6.92. The molecule has 1 heterocycles. The van der Waals surface area contributed by atoms with Crippen LogP contribution in [0.15, 0.2) is 47.4 Å². The van der Waals surface area contributed by atoms with Gasteiger partial charge in [0.05, 0.1) is 4.90 Å². The van der Waals surface area contributed by atoms with Crippen molar-refractivity contribution in [1.29, 1.82) is 0 Å². The van der Waals surface area contributed by atoms with Crippen molar-refractivity contribution < 1.29 is 37.4 Å². The van der Waals surface area contributed by atoms with Gasteiger partial charge in [-0.1, -0.05) is 35.3 Å². The first kappa shape index (κ1) is 31.7. The Bertz CT molecular complexity index is 1370. The molecule has 2 atom stereocenters. The minimum absolute atomic E-state index is 0.0607. The molecule has 1 amide bonds. The van der Waals surface area contributed by atoms with Crippen LogP contribution < -0.4 is 10.1 Å². The summed E-state index contributed by atoms with van der Waals surface area (Å²) >= 11 is 12.0. The summed E-state index contributed by atoms with van der Waals surface area (Å²) in [6.07, 6.45) is 0.469. The molecule has 0 aliphatic carbocycles. The molecule has 2 aromatic rings. The molecule has 0 spiro atoms. The molecule has 0 radical (unpaired) electrons. The average molecular weight is 616 g/mol. The van der Waals surface area contributed by atoms with Gasteiger partial charge < -0.3 is 19.9 Å². The van der Waals surface area contributed by atoms with Gasteiger partial charge in [0.25, 0.3) is 0 Å². The summed E-state index contributed by atoms with van der Waals surface area (Å²) in [5.74, 6) is -2.28. The summed E-state index contributed by atoms with van der Waals surface area (Å²) in [5.41, 5.74) is -1.69. The van der Waals surface area contributed by atoms with Gasteiger partial charge >= 0.3 is 11.9 Å². The van der Waals surface area contributed by atoms with Crippen molar-refractivity contribution in [3.8, 4) is 5.75 Å². The molecule has 0 bridgehead atoms. The summed E-state index contributed by atoms with van der Waals surface area (Å²) in [5, 5.41) is 12.6. The maximum atomic E-state index is 13.5. The van der Waals surface area contributed by atoms with Crippen molar-refractivity contribution in [1.82, 2.24) is 9.62 Å². The normalized spacial score (nSPS) is 18.6. The highest BCUT2D eigenvalue weighted by Gasteiger charge is 2.50. The van der Waals surface area contributed by atoms with Crippen LogP contribution in [0.4, 0.5) is 0 Å². The van der Waals surface area contributed by atoms with Crippen LogP contribution in [0.25, 0.3) is 0 Å². The zero-order valence-corrected chi connectivity index (χ0v) is 24.9. The Morgan fingerprint density at radius 2 is 1.77 bits per heavy atom. The molecule has 2 aromatic carbocycles. The summed E-state index contributed by atoms with van der Waals surface area (Å²) in [6, 6.07) is 8.97. The standard InChI is InChI=1S/C27H32Cl2N2O8S/c1-26(2,3)39-23(32)16-38-20-8-5-7-17(11-20)12-22(24(33)34)30-25(35)27(4)9-6-10-31(27)40(36,37)21-14-18(28)13-19(29)15-21/h5,7-8,11,13-15,22H,6,9-10,12,16H2,1-4H3,(H,30,35)(H,33,34)/t22-,27-/m0/s1. The first-order chi connectivity index (χ1) is 18.5. The number of hydrogen-bond donors (Lipinski definition) is 2. The highest BCUT2D eigenvalue weighted by Crippen LogP contribution is 2.36. The lowest BCUT2D eigenvalue weighted by molar-refractivity contribution is -0.157. The van der Waals surface area contributed by atoms with Crippen LogP contribution in [0.2, 0.25) is 10.0 Å². The number of rotatable bonds is 10. The fourth-order valence-electron chi connectivity index (χ4n) is 4.38. The van der Waals surface area contributed by atoms with E-state index in [1.54, 1.807) is 45.0 Å². The van der Waals surface area contributed by atoms with E-state index in [-0.39, 0.29) is 40.9 Å². The number of carboxylic acids is 1. The fraction of sp³-hybridized carbons (Fsp3) is 0.444. The van der Waals surface area contributed by atoms with Crippen molar-refractivity contribution in [2.24, 2.45) is 0 Å². The molecule has 1 aliphatic heterocycles. The van der Waals surface area contributed by atoms with Gasteiger partial charge in [0.15, 0.2) is 6.61 Å². The topological polar surface area (TPSA) is 139 Å². The van der Waals surface area contributed by atoms with Gasteiger partial charge in [-0.3, -0.25) is 4.79 Å². The molecule has 0 saturated carbocycles. The number of amides is 1. The van der Waals surface area contributed by atoms with E-state index in [4.69, 9.17) is 32.7 Å². The number of carbonyl (C=O) groups excluding carboxylic acids is 2. The number of halogens is 2. The number of benzene rings is 2. The van der Waals surface area contributed by atoms with Crippen LogP contribution in [-0.4, -0.2) is 66.0 Å². The van der Waals surface area contributed by atoms with Crippen LogP contribution in [0.3, 0.4) is 0 Å². The Morgan fingerprint density at radius 1 is 1.12 bits per heavy atom. The predicted molar refractivity (Wildman–Crippen MR) is 149 cm³/mol. The van der Waals surface area contributed by atoms with Crippen molar-refractivity contribution in [2.45, 2.75) is 69.0 Å². The lowest BCUT2D eigenvalue weighted by Crippen LogP contribution is -2.58. The van der Waals surface area contributed by atoms with Gasteiger partial charge in [-0.05, 0) is 76.4 Å². The van der Waals surface area contributed by atoms with E-state index in [0.717, 1.165) is 4.31 Å². The number of hydrogen-bond acceptors (Lipinski definition) is 7. The van der Waals surface area contributed by atoms with E-state index in [1.807, 2.05) is 0 Å². The smallest absolute Gasteiger partial charge is 0.344 e. The van der Waals surface area contributed by atoms with E-state index in [2.05, 4.69) is 5.32 Å². The average Bonchev–Trinajstić information content (AvgIpc) is 3.24. The number of carbonyl (C=O) groups is 3. The Hall–Kier alpha value is -2.86. The monoisotopic (exact) mass is 614 g/mol. The predicted octanol–water partition coefficient (Wildman–Crippen LogP) is 4.07. The van der Waals surface area contributed by atoms with E-state index in [1.165, 1.54) is 25.1 Å². The Balaban J connectivity index is 1.75. The van der Waals surface area contributed by atoms with Gasteiger partial charge in [-0.15, -0.1) is 0 Å². The second-order valence-corrected chi connectivity index (χ2v) is 13.4. The number of ether oxygens (including phenoxy) is 2. The molecule has 2 N–H and O–H groups in total. The van der Waals surface area contributed by atoms with Crippen molar-refractivity contribution in [2.75, 3.05) is 13.2 Å². The minimum Gasteiger partial charge on any atom is -0.482 e. The van der Waals surface area contributed by atoms with Crippen LogP contribution in [0.5, 0.6) is 5.75 Å². The summed E-state index contributed by atoms with van der Waals surface area (Å²) < 4.78 is 38.7. The molecule has 10 nitrogen and oxygen atoms in total. The Labute approximate surface area is 243 Å². The number of nitrogens with one attached hydrogen (secondary N) is 1. The molecular weight excluding hydrogens is 583 g/mol. The van der Waals surface area contributed by atoms with Crippen molar-refractivity contribution in [3.63, 3.8) is 0 Å². The van der Waals surface area contributed by atoms with Gasteiger partial charge in [0.2, 0.25) is 15.9 Å². The van der Waals surface area contributed by atoms with Gasteiger partial charge in [-0.2, -0.15) is 4.31 Å². The van der Waals surface area contributed by atoms with E-state index < -0.39 is 45.1 Å². The molecule has 1 saturated heterocycles. The van der Waals surface area contributed by atoms with Crippen LogP contribution >= 0.6 is 23.2 Å². The van der Waals surface area contributed by atoms with Crippen LogP contribution in [0.1, 0.15) is 46.1 Å². The van der Waals surface area contributed by atoms with E-state index >= 15 is 0 Å². The first-order valence-corrected chi connectivity index (χ1v) is 14.7. The molecule has 218 valence electrons. The number of nitrogens with zero attached hydrogens (tertiary/aromatic N) is 1. The SMILES string of the molecule is CC(C)(C)OC(=O)COc1cccc(C[C@H](NC(=O)[C@]2(C)CCCN2S(=O)(=O)c2cc(Cl)cc(Cl)c2)C(=O)O)c1.